The van der Waals surface area contributed by atoms with Crippen LogP contribution < -0.4 is 10.2 Å². The second-order valence-electron chi connectivity index (χ2n) is 5.79. The first-order valence-corrected chi connectivity index (χ1v) is 7.54. The number of hydrogen-bond donors (Lipinski definition) is 1. The molecular weight excluding hydrogens is 292 g/mol. The van der Waals surface area contributed by atoms with Gasteiger partial charge in [-0.05, 0) is 43.2 Å². The lowest BCUT2D eigenvalue weighted by atomic mass is 10.1. The van der Waals surface area contributed by atoms with E-state index in [1.807, 2.05) is 0 Å². The number of rotatable bonds is 3. The van der Waals surface area contributed by atoms with Gasteiger partial charge in [0.15, 0.2) is 0 Å². The minimum atomic E-state index is -0.356. The van der Waals surface area contributed by atoms with E-state index in [2.05, 4.69) is 5.32 Å². The summed E-state index contributed by atoms with van der Waals surface area (Å²) in [4.78, 5) is 38.2. The Bertz CT molecular complexity index is 805. The second kappa shape index (κ2) is 5.05. The molecule has 5 nitrogen and oxygen atoms in total. The third-order valence-electron chi connectivity index (χ3n) is 4.07. The van der Waals surface area contributed by atoms with Gasteiger partial charge in [0.2, 0.25) is 0 Å². The van der Waals surface area contributed by atoms with Crippen molar-refractivity contribution in [2.75, 3.05) is 4.90 Å². The summed E-state index contributed by atoms with van der Waals surface area (Å²) in [5, 5.41) is 2.90. The maximum atomic E-state index is 12.5. The molecule has 0 bridgehead atoms. The van der Waals surface area contributed by atoms with Gasteiger partial charge < -0.3 is 5.32 Å². The van der Waals surface area contributed by atoms with E-state index in [0.717, 1.165) is 17.7 Å². The van der Waals surface area contributed by atoms with Gasteiger partial charge in [-0.1, -0.05) is 18.2 Å². The molecule has 1 fully saturated rings. The van der Waals surface area contributed by atoms with Crippen LogP contribution in [0.25, 0.3) is 0 Å². The largest absolute Gasteiger partial charge is 0.349 e. The highest BCUT2D eigenvalue weighted by Gasteiger charge is 2.36. The van der Waals surface area contributed by atoms with Crippen LogP contribution in [0.15, 0.2) is 48.5 Å². The average Bonchev–Trinajstić information content (AvgIpc) is 3.35. The molecule has 2 aromatic carbocycles. The van der Waals surface area contributed by atoms with E-state index in [1.165, 1.54) is 0 Å². The summed E-state index contributed by atoms with van der Waals surface area (Å²) in [6.07, 6.45) is 2.01. The molecule has 1 aliphatic carbocycles. The highest BCUT2D eigenvalue weighted by atomic mass is 16.2. The van der Waals surface area contributed by atoms with E-state index in [9.17, 15) is 14.4 Å². The van der Waals surface area contributed by atoms with Crippen molar-refractivity contribution in [1.29, 1.82) is 0 Å². The van der Waals surface area contributed by atoms with E-state index in [-0.39, 0.29) is 23.8 Å². The third kappa shape index (κ3) is 2.30. The van der Waals surface area contributed by atoms with Crippen molar-refractivity contribution < 1.29 is 14.4 Å². The van der Waals surface area contributed by atoms with E-state index in [1.54, 1.807) is 48.5 Å². The molecule has 0 aromatic heterocycles. The highest BCUT2D eigenvalue weighted by Crippen LogP contribution is 2.29. The van der Waals surface area contributed by atoms with E-state index >= 15 is 0 Å². The first-order valence-electron chi connectivity index (χ1n) is 7.54. The van der Waals surface area contributed by atoms with Crippen LogP contribution in [-0.2, 0) is 0 Å². The number of benzene rings is 2. The summed E-state index contributed by atoms with van der Waals surface area (Å²) in [6.45, 7) is 0. The summed E-state index contributed by atoms with van der Waals surface area (Å²) in [5.74, 6) is -0.887. The fourth-order valence-electron chi connectivity index (χ4n) is 2.71. The zero-order valence-corrected chi connectivity index (χ0v) is 12.3. The van der Waals surface area contributed by atoms with Crippen molar-refractivity contribution in [2.45, 2.75) is 18.9 Å². The molecule has 1 aliphatic heterocycles. The Morgan fingerprint density at radius 2 is 1.61 bits per heavy atom. The molecule has 0 saturated heterocycles. The Morgan fingerprint density at radius 3 is 2.22 bits per heavy atom. The lowest BCUT2D eigenvalue weighted by molar-refractivity contribution is 0.0919. The fourth-order valence-corrected chi connectivity index (χ4v) is 2.71. The topological polar surface area (TPSA) is 66.5 Å². The van der Waals surface area contributed by atoms with Crippen molar-refractivity contribution in [2.24, 2.45) is 0 Å². The van der Waals surface area contributed by atoms with Crippen LogP contribution in [0, 0.1) is 0 Å². The monoisotopic (exact) mass is 306 g/mol. The predicted octanol–water partition coefficient (Wildman–Crippen LogP) is 2.38. The summed E-state index contributed by atoms with van der Waals surface area (Å²) >= 11 is 0. The molecule has 5 heteroatoms. The minimum absolute atomic E-state index is 0.175. The number of nitrogens with one attached hydrogen (secondary N) is 1. The summed E-state index contributed by atoms with van der Waals surface area (Å²) in [5.41, 5.74) is 1.65. The standard InChI is InChI=1S/C18H14N2O3/c21-16(19-12-8-9-12)11-4-3-5-13(10-11)20-17(22)14-6-1-2-7-15(14)18(20)23/h1-7,10,12H,8-9H2,(H,19,21). The van der Waals surface area contributed by atoms with Crippen LogP contribution in [-0.4, -0.2) is 23.8 Å². The van der Waals surface area contributed by atoms with Crippen molar-refractivity contribution >= 4 is 23.4 Å². The molecule has 4 rings (SSSR count). The number of carbonyl (C=O) groups excluding carboxylic acids is 3. The number of imide groups is 1. The lowest BCUT2D eigenvalue weighted by Crippen LogP contribution is -2.30. The molecule has 0 radical (unpaired) electrons. The number of amides is 3. The molecule has 2 aromatic rings. The smallest absolute Gasteiger partial charge is 0.266 e. The molecule has 0 unspecified atom stereocenters. The van der Waals surface area contributed by atoms with E-state index in [0.29, 0.717) is 22.4 Å². The Hall–Kier alpha value is -2.95. The Labute approximate surface area is 132 Å². The van der Waals surface area contributed by atoms with Gasteiger partial charge in [0, 0.05) is 11.6 Å². The van der Waals surface area contributed by atoms with Crippen LogP contribution in [0.2, 0.25) is 0 Å². The molecule has 1 heterocycles. The summed E-state index contributed by atoms with van der Waals surface area (Å²) < 4.78 is 0. The molecule has 2 aliphatic rings. The molecule has 114 valence electrons. The average molecular weight is 306 g/mol. The van der Waals surface area contributed by atoms with Gasteiger partial charge in [0.1, 0.15) is 0 Å². The van der Waals surface area contributed by atoms with E-state index in [4.69, 9.17) is 0 Å². The first kappa shape index (κ1) is 13.7. The van der Waals surface area contributed by atoms with Crippen LogP contribution in [0.4, 0.5) is 5.69 Å². The molecule has 0 atom stereocenters. The quantitative estimate of drug-likeness (QED) is 0.885. The third-order valence-corrected chi connectivity index (χ3v) is 4.07. The Balaban J connectivity index is 1.67. The van der Waals surface area contributed by atoms with Gasteiger partial charge in [-0.15, -0.1) is 0 Å². The molecule has 23 heavy (non-hydrogen) atoms. The van der Waals surface area contributed by atoms with Gasteiger partial charge in [-0.2, -0.15) is 0 Å². The van der Waals surface area contributed by atoms with Crippen LogP contribution in [0.5, 0.6) is 0 Å². The fraction of sp³-hybridized carbons (Fsp3) is 0.167. The molecule has 1 N–H and O–H groups in total. The zero-order valence-electron chi connectivity index (χ0n) is 12.3. The van der Waals surface area contributed by atoms with Gasteiger partial charge in [-0.3, -0.25) is 14.4 Å². The maximum Gasteiger partial charge on any atom is 0.266 e. The van der Waals surface area contributed by atoms with Crippen LogP contribution in [0.1, 0.15) is 43.9 Å². The predicted molar refractivity (Wildman–Crippen MR) is 84.5 cm³/mol. The Kier molecular flexibility index (Phi) is 3.01. The number of anilines is 1. The van der Waals surface area contributed by atoms with Crippen LogP contribution in [0.3, 0.4) is 0 Å². The van der Waals surface area contributed by atoms with Crippen molar-refractivity contribution in [3.63, 3.8) is 0 Å². The van der Waals surface area contributed by atoms with Crippen LogP contribution >= 0.6 is 0 Å². The Morgan fingerprint density at radius 1 is 0.957 bits per heavy atom. The zero-order chi connectivity index (χ0) is 16.0. The lowest BCUT2D eigenvalue weighted by Gasteiger charge is -2.15. The SMILES string of the molecule is O=C(NC1CC1)c1cccc(N2C(=O)c3ccccc3C2=O)c1. The number of nitrogens with zero attached hydrogens (tertiary/aromatic N) is 1. The van der Waals surface area contributed by atoms with Gasteiger partial charge >= 0.3 is 0 Å². The van der Waals surface area contributed by atoms with Gasteiger partial charge in [0.05, 0.1) is 16.8 Å². The van der Waals surface area contributed by atoms with Crippen molar-refractivity contribution in [1.82, 2.24) is 5.32 Å². The number of fused-ring (bicyclic) bond motifs is 1. The number of hydrogen-bond acceptors (Lipinski definition) is 3. The molecular formula is C18H14N2O3. The molecule has 1 saturated carbocycles. The minimum Gasteiger partial charge on any atom is -0.349 e. The first-order chi connectivity index (χ1) is 11.1. The van der Waals surface area contributed by atoms with Gasteiger partial charge in [-0.25, -0.2) is 4.90 Å². The van der Waals surface area contributed by atoms with E-state index < -0.39 is 0 Å². The summed E-state index contributed by atoms with van der Waals surface area (Å²) in [6, 6.07) is 13.6. The molecule has 0 spiro atoms. The molecule has 3 amide bonds. The second-order valence-corrected chi connectivity index (χ2v) is 5.79. The van der Waals surface area contributed by atoms with Gasteiger partial charge in [0.25, 0.3) is 17.7 Å². The number of carbonyl (C=O) groups is 3. The van der Waals surface area contributed by atoms with Crippen molar-refractivity contribution in [3.8, 4) is 0 Å². The van der Waals surface area contributed by atoms with Crippen molar-refractivity contribution in [3.05, 3.63) is 65.2 Å². The normalized spacial score (nSPS) is 16.4. The summed E-state index contributed by atoms with van der Waals surface area (Å²) in [7, 11) is 0. The maximum absolute atomic E-state index is 12.5. The highest BCUT2D eigenvalue weighted by molar-refractivity contribution is 6.34.